The SMILES string of the molecule is C=CCN1C(=O)/C(=C/c2cccc(OCc3ccc(Cl)cc3)c2)S/C1=N/c1ccccn1. The van der Waals surface area contributed by atoms with Gasteiger partial charge in [-0.15, -0.1) is 6.58 Å². The first kappa shape index (κ1) is 21.9. The topological polar surface area (TPSA) is 54.8 Å². The Labute approximate surface area is 196 Å². The van der Waals surface area contributed by atoms with Crippen molar-refractivity contribution in [3.63, 3.8) is 0 Å². The van der Waals surface area contributed by atoms with E-state index in [9.17, 15) is 4.79 Å². The van der Waals surface area contributed by atoms with Crippen molar-refractivity contribution in [3.8, 4) is 5.75 Å². The molecule has 0 radical (unpaired) electrons. The van der Waals surface area contributed by atoms with Crippen LogP contribution in [0.25, 0.3) is 6.08 Å². The number of nitrogens with zero attached hydrogens (tertiary/aromatic N) is 3. The highest BCUT2D eigenvalue weighted by Crippen LogP contribution is 2.34. The van der Waals surface area contributed by atoms with Gasteiger partial charge in [-0.2, -0.15) is 0 Å². The molecule has 5 nitrogen and oxygen atoms in total. The molecule has 1 fully saturated rings. The lowest BCUT2D eigenvalue weighted by Gasteiger charge is -2.12. The Bertz CT molecular complexity index is 1180. The molecule has 7 heteroatoms. The van der Waals surface area contributed by atoms with Crippen LogP contribution < -0.4 is 4.74 Å². The zero-order valence-corrected chi connectivity index (χ0v) is 18.7. The number of amides is 1. The van der Waals surface area contributed by atoms with E-state index in [2.05, 4.69) is 16.6 Å². The molecule has 160 valence electrons. The summed E-state index contributed by atoms with van der Waals surface area (Å²) in [5.74, 6) is 1.16. The van der Waals surface area contributed by atoms with E-state index < -0.39 is 0 Å². The van der Waals surface area contributed by atoms with Gasteiger partial charge >= 0.3 is 0 Å². The molecule has 1 aromatic heterocycles. The van der Waals surface area contributed by atoms with Crippen LogP contribution in [0.5, 0.6) is 5.75 Å². The molecule has 3 aromatic rings. The van der Waals surface area contributed by atoms with E-state index in [0.717, 1.165) is 16.9 Å². The number of pyridine rings is 1. The van der Waals surface area contributed by atoms with Crippen molar-refractivity contribution in [3.05, 3.63) is 107 Å². The van der Waals surface area contributed by atoms with Gasteiger partial charge < -0.3 is 4.74 Å². The Morgan fingerprint density at radius 2 is 1.97 bits per heavy atom. The highest BCUT2D eigenvalue weighted by molar-refractivity contribution is 8.18. The van der Waals surface area contributed by atoms with Crippen LogP contribution in [-0.4, -0.2) is 27.5 Å². The summed E-state index contributed by atoms with van der Waals surface area (Å²) < 4.78 is 5.90. The van der Waals surface area contributed by atoms with E-state index in [1.165, 1.54) is 11.8 Å². The highest BCUT2D eigenvalue weighted by Gasteiger charge is 2.32. The third-order valence-electron chi connectivity index (χ3n) is 4.53. The summed E-state index contributed by atoms with van der Waals surface area (Å²) in [6, 6.07) is 20.6. The lowest BCUT2D eigenvalue weighted by molar-refractivity contribution is -0.121. The Balaban J connectivity index is 1.53. The lowest BCUT2D eigenvalue weighted by Crippen LogP contribution is -2.29. The molecule has 1 saturated heterocycles. The molecule has 0 atom stereocenters. The van der Waals surface area contributed by atoms with Gasteiger partial charge in [0.25, 0.3) is 5.91 Å². The molecule has 0 aliphatic carbocycles. The van der Waals surface area contributed by atoms with Gasteiger partial charge in [0, 0.05) is 17.8 Å². The molecule has 0 bridgehead atoms. The number of aliphatic imine (C=N–C) groups is 1. The van der Waals surface area contributed by atoms with Crippen molar-refractivity contribution in [1.29, 1.82) is 0 Å². The standard InChI is InChI=1S/C25H20ClN3O2S/c1-2-14-29-24(30)22(32-25(29)28-23-8-3-4-13-27-23)16-19-6-5-7-21(15-19)31-17-18-9-11-20(26)12-10-18/h2-13,15-16H,1,14,17H2/b22-16-,28-25+. The van der Waals surface area contributed by atoms with Gasteiger partial charge in [-0.25, -0.2) is 9.98 Å². The number of thioether (sulfide) groups is 1. The number of hydrogen-bond donors (Lipinski definition) is 0. The second-order valence-corrected chi connectivity index (χ2v) is 8.33. The third kappa shape index (κ3) is 5.46. The molecule has 0 N–H and O–H groups in total. The fourth-order valence-corrected chi connectivity index (χ4v) is 4.11. The number of carbonyl (C=O) groups is 1. The average Bonchev–Trinajstić information content (AvgIpc) is 3.09. The second kappa shape index (κ2) is 10.3. The van der Waals surface area contributed by atoms with Crippen LogP contribution in [0.1, 0.15) is 11.1 Å². The van der Waals surface area contributed by atoms with Crippen molar-refractivity contribution in [2.45, 2.75) is 6.61 Å². The van der Waals surface area contributed by atoms with Crippen LogP contribution in [-0.2, 0) is 11.4 Å². The van der Waals surface area contributed by atoms with Crippen LogP contribution in [0.15, 0.2) is 95.5 Å². The van der Waals surface area contributed by atoms with Crippen LogP contribution in [0.3, 0.4) is 0 Å². The van der Waals surface area contributed by atoms with E-state index >= 15 is 0 Å². The number of hydrogen-bond acceptors (Lipinski definition) is 5. The molecule has 0 spiro atoms. The van der Waals surface area contributed by atoms with Gasteiger partial charge in [0.15, 0.2) is 11.0 Å². The van der Waals surface area contributed by atoms with Gasteiger partial charge in [0.1, 0.15) is 12.4 Å². The first-order chi connectivity index (χ1) is 15.6. The van der Waals surface area contributed by atoms with Gasteiger partial charge in [-0.05, 0) is 65.4 Å². The zero-order chi connectivity index (χ0) is 22.3. The maximum atomic E-state index is 13.0. The normalized spacial score (nSPS) is 16.0. The number of amidine groups is 1. The fraction of sp³-hybridized carbons (Fsp3) is 0.0800. The molecule has 0 unspecified atom stereocenters. The van der Waals surface area contributed by atoms with E-state index in [1.807, 2.05) is 66.7 Å². The Hall–Kier alpha value is -3.35. The molecule has 1 aliphatic heterocycles. The quantitative estimate of drug-likeness (QED) is 0.315. The Morgan fingerprint density at radius 3 is 2.72 bits per heavy atom. The summed E-state index contributed by atoms with van der Waals surface area (Å²) in [6.45, 7) is 4.56. The average molecular weight is 462 g/mol. The maximum Gasteiger partial charge on any atom is 0.267 e. The summed E-state index contributed by atoms with van der Waals surface area (Å²) in [7, 11) is 0. The lowest BCUT2D eigenvalue weighted by atomic mass is 10.2. The van der Waals surface area contributed by atoms with Gasteiger partial charge in [-0.1, -0.05) is 48.0 Å². The predicted molar refractivity (Wildman–Crippen MR) is 131 cm³/mol. The predicted octanol–water partition coefficient (Wildman–Crippen LogP) is 6.10. The van der Waals surface area contributed by atoms with Gasteiger partial charge in [0.05, 0.1) is 4.91 Å². The number of rotatable bonds is 7. The largest absolute Gasteiger partial charge is 0.489 e. The summed E-state index contributed by atoms with van der Waals surface area (Å²) in [4.78, 5) is 23.9. The first-order valence-electron chi connectivity index (χ1n) is 9.92. The van der Waals surface area contributed by atoms with Crippen molar-refractivity contribution in [2.24, 2.45) is 4.99 Å². The smallest absolute Gasteiger partial charge is 0.267 e. The minimum atomic E-state index is -0.114. The molecule has 1 amide bonds. The second-order valence-electron chi connectivity index (χ2n) is 6.89. The maximum absolute atomic E-state index is 13.0. The minimum absolute atomic E-state index is 0.114. The molecule has 32 heavy (non-hydrogen) atoms. The van der Waals surface area contributed by atoms with Crippen LogP contribution in [0.2, 0.25) is 5.02 Å². The van der Waals surface area contributed by atoms with Crippen LogP contribution >= 0.6 is 23.4 Å². The molecule has 2 aromatic carbocycles. The van der Waals surface area contributed by atoms with E-state index in [1.54, 1.807) is 23.2 Å². The molecule has 4 rings (SSSR count). The summed E-state index contributed by atoms with van der Waals surface area (Å²) in [6.07, 6.45) is 5.20. The zero-order valence-electron chi connectivity index (χ0n) is 17.1. The van der Waals surface area contributed by atoms with Gasteiger partial charge in [0.2, 0.25) is 0 Å². The van der Waals surface area contributed by atoms with Gasteiger partial charge in [-0.3, -0.25) is 9.69 Å². The molecule has 2 heterocycles. The summed E-state index contributed by atoms with van der Waals surface area (Å²) >= 11 is 7.25. The number of halogens is 1. The van der Waals surface area contributed by atoms with Crippen molar-refractivity contribution >= 4 is 46.3 Å². The third-order valence-corrected chi connectivity index (χ3v) is 5.79. The van der Waals surface area contributed by atoms with E-state index in [4.69, 9.17) is 16.3 Å². The fourth-order valence-electron chi connectivity index (χ4n) is 2.99. The number of carbonyl (C=O) groups excluding carboxylic acids is 1. The molecular weight excluding hydrogens is 442 g/mol. The van der Waals surface area contributed by atoms with E-state index in [-0.39, 0.29) is 5.91 Å². The Kier molecular flexibility index (Phi) is 7.04. The number of aromatic nitrogens is 1. The minimum Gasteiger partial charge on any atom is -0.489 e. The molecule has 0 saturated carbocycles. The Morgan fingerprint density at radius 1 is 1.12 bits per heavy atom. The van der Waals surface area contributed by atoms with Crippen LogP contribution in [0.4, 0.5) is 5.82 Å². The number of ether oxygens (including phenoxy) is 1. The summed E-state index contributed by atoms with van der Waals surface area (Å²) in [5, 5.41) is 1.27. The van der Waals surface area contributed by atoms with Crippen molar-refractivity contribution in [1.82, 2.24) is 9.88 Å². The highest BCUT2D eigenvalue weighted by atomic mass is 35.5. The van der Waals surface area contributed by atoms with Crippen molar-refractivity contribution < 1.29 is 9.53 Å². The first-order valence-corrected chi connectivity index (χ1v) is 11.1. The number of benzene rings is 2. The molecular formula is C25H20ClN3O2S. The van der Waals surface area contributed by atoms with E-state index in [0.29, 0.717) is 34.1 Å². The van der Waals surface area contributed by atoms with Crippen molar-refractivity contribution in [2.75, 3.05) is 6.54 Å². The van der Waals surface area contributed by atoms with Crippen LogP contribution in [0, 0.1) is 0 Å². The molecule has 1 aliphatic rings. The summed E-state index contributed by atoms with van der Waals surface area (Å²) in [5.41, 5.74) is 1.89. The monoisotopic (exact) mass is 461 g/mol.